The van der Waals surface area contributed by atoms with Crippen LogP contribution >= 0.6 is 0 Å². The average Bonchev–Trinajstić information content (AvgIpc) is 3.37. The van der Waals surface area contributed by atoms with Crippen LogP contribution in [-0.2, 0) is 90.5 Å². The molecule has 1 aromatic heterocycles. The number of rotatable bonds is 10. The van der Waals surface area contributed by atoms with Gasteiger partial charge in [-0.2, -0.15) is 0 Å². The van der Waals surface area contributed by atoms with Gasteiger partial charge in [0.1, 0.15) is 17.8 Å². The Morgan fingerprint density at radius 1 is 0.750 bits per heavy atom. The zero-order valence-corrected chi connectivity index (χ0v) is 37.0. The van der Waals surface area contributed by atoms with E-state index >= 15 is 0 Å². The van der Waals surface area contributed by atoms with E-state index in [0.29, 0.717) is 0 Å². The van der Waals surface area contributed by atoms with Gasteiger partial charge >= 0.3 is 47.8 Å². The maximum atomic E-state index is 14.9. The molecule has 9 rings (SSSR count). The smallest absolute Gasteiger partial charge is 0.348 e. The minimum Gasteiger partial charge on any atom is -0.472 e. The van der Waals surface area contributed by atoms with E-state index in [1.165, 1.54) is 46.3 Å². The topological polar surface area (TPSA) is 271 Å². The molecule has 8 aliphatic rings. The summed E-state index contributed by atoms with van der Waals surface area (Å²) in [5.74, 6) is -13.1. The van der Waals surface area contributed by atoms with E-state index < -0.39 is 165 Å². The lowest BCUT2D eigenvalue weighted by Gasteiger charge is -2.77. The third-order valence-electron chi connectivity index (χ3n) is 15.8. The summed E-state index contributed by atoms with van der Waals surface area (Å²) in [6.45, 7) is 12.6. The van der Waals surface area contributed by atoms with E-state index in [9.17, 15) is 43.5 Å². The van der Waals surface area contributed by atoms with Crippen molar-refractivity contribution in [3.8, 4) is 0 Å². The highest BCUT2D eigenvalue weighted by Gasteiger charge is 3.13. The van der Waals surface area contributed by atoms with Crippen LogP contribution < -0.4 is 0 Å². The van der Waals surface area contributed by atoms with Crippen LogP contribution in [0.5, 0.6) is 0 Å². The first-order valence-electron chi connectivity index (χ1n) is 20.9. The van der Waals surface area contributed by atoms with Crippen LogP contribution in [0, 0.1) is 33.5 Å². The molecule has 21 nitrogen and oxygen atoms in total. The van der Waals surface area contributed by atoms with Gasteiger partial charge in [0.25, 0.3) is 5.97 Å². The lowest BCUT2D eigenvalue weighted by molar-refractivity contribution is -0.492. The number of methoxy groups -OCH3 is 1. The van der Waals surface area contributed by atoms with E-state index in [4.69, 9.17) is 56.5 Å². The van der Waals surface area contributed by atoms with Crippen LogP contribution in [0.2, 0.25) is 0 Å². The molecule has 17 atom stereocenters. The zero-order chi connectivity index (χ0) is 46.9. The summed E-state index contributed by atoms with van der Waals surface area (Å²) in [5.41, 5.74) is -18.5. The molecular formula is C43H50O21. The SMILES string of the molecule is COC(=O)[C@H](OC(C)=O)[C@H]1[C@]2(C)C[C@]34OC5(C)O[C@@]6([C@H](OC(C)=O)[C@H](OC(C)=O)[C@]78C[C@]7([C@@H](OC(C)=O)C(=O)O[C@H]8c7ccoc7)[C@@]6(O5)[C@H](OC(=O)C(C)C)[C@@]3(O)[C@H]2OC(C)=O)[C@]14C. The summed E-state index contributed by atoms with van der Waals surface area (Å²) in [7, 11) is 1.04. The number of furan rings is 1. The Balaban J connectivity index is 1.52. The molecule has 348 valence electrons. The average molecular weight is 903 g/mol. The molecule has 0 radical (unpaired) electrons. The van der Waals surface area contributed by atoms with Crippen molar-refractivity contribution in [3.63, 3.8) is 0 Å². The third kappa shape index (κ3) is 4.54. The number of hydrogen-bond donors (Lipinski definition) is 1. The fourth-order valence-electron chi connectivity index (χ4n) is 14.8. The van der Waals surface area contributed by atoms with Gasteiger partial charge in [0.15, 0.2) is 35.1 Å². The first-order valence-corrected chi connectivity index (χ1v) is 20.9. The summed E-state index contributed by atoms with van der Waals surface area (Å²) < 4.78 is 75.8. The fraction of sp³-hybridized carbons (Fsp3) is 0.721. The monoisotopic (exact) mass is 902 g/mol. The molecule has 0 amide bonds. The maximum absolute atomic E-state index is 14.9. The molecule has 8 fully saturated rings. The molecule has 4 bridgehead atoms. The molecule has 0 aromatic carbocycles. The molecule has 1 N–H and O–H groups in total. The standard InChI is InChI=1S/C43H50O21/c1-17(2)30(49)61-34-41(52)33(59-22(7)48)35(8)15-40(41)36(9,25(35)24(31(50)53-11)55-18(3)44)42-28(57-20(5)46)27(56-19(4)45)38-16-39(38,43(34,42)64-37(10,62-40)63-42)29(58-21(6)47)32(51)60-26(38)23-12-13-54-14-23/h12-14,17,24-29,33-34,52H,15-16H2,1-11H3/t24-,25+,26+,27+,28-,29+,33+,34-,35+,36-,37?,38-,39-,40-,41+,42+,43+/m1/s1. The Bertz CT molecular complexity index is 2310. The molecule has 4 heterocycles. The van der Waals surface area contributed by atoms with Crippen molar-refractivity contribution in [2.24, 2.45) is 33.5 Å². The van der Waals surface area contributed by atoms with E-state index in [2.05, 4.69) is 0 Å². The summed E-state index contributed by atoms with van der Waals surface area (Å²) >= 11 is 0. The highest BCUT2D eigenvalue weighted by atomic mass is 16.9. The van der Waals surface area contributed by atoms with Gasteiger partial charge in [0, 0.05) is 63.9 Å². The molecule has 3 aliphatic heterocycles. The fourth-order valence-corrected chi connectivity index (χ4v) is 14.8. The molecule has 2 spiro atoms. The van der Waals surface area contributed by atoms with Gasteiger partial charge in [0.05, 0.1) is 36.4 Å². The third-order valence-corrected chi connectivity index (χ3v) is 15.8. The highest BCUT2D eigenvalue weighted by molar-refractivity contribution is 5.85. The lowest BCUT2D eigenvalue weighted by atomic mass is 9.33. The van der Waals surface area contributed by atoms with Crippen LogP contribution in [0.3, 0.4) is 0 Å². The number of carbonyl (C=O) groups is 8. The van der Waals surface area contributed by atoms with Crippen molar-refractivity contribution in [1.29, 1.82) is 0 Å². The van der Waals surface area contributed by atoms with E-state index in [0.717, 1.165) is 41.7 Å². The van der Waals surface area contributed by atoms with E-state index in [1.807, 2.05) is 0 Å². The second-order valence-electron chi connectivity index (χ2n) is 19.3. The van der Waals surface area contributed by atoms with Gasteiger partial charge < -0.3 is 61.6 Å². The van der Waals surface area contributed by atoms with Crippen molar-refractivity contribution in [2.45, 2.75) is 153 Å². The normalized spacial score (nSPS) is 47.2. The molecule has 5 aliphatic carbocycles. The predicted octanol–water partition coefficient (Wildman–Crippen LogP) is 1.42. The molecule has 1 unspecified atom stereocenters. The molecule has 5 saturated carbocycles. The van der Waals surface area contributed by atoms with Crippen molar-refractivity contribution < 1.29 is 100.0 Å². The van der Waals surface area contributed by atoms with Crippen LogP contribution in [0.4, 0.5) is 0 Å². The number of hydrogen-bond acceptors (Lipinski definition) is 21. The zero-order valence-electron chi connectivity index (χ0n) is 37.0. The Kier molecular flexibility index (Phi) is 8.98. The number of ether oxygens (including phenoxy) is 11. The Morgan fingerprint density at radius 2 is 1.36 bits per heavy atom. The van der Waals surface area contributed by atoms with Crippen molar-refractivity contribution in [3.05, 3.63) is 24.2 Å². The molecule has 3 saturated heterocycles. The van der Waals surface area contributed by atoms with E-state index in [1.54, 1.807) is 6.92 Å². The van der Waals surface area contributed by atoms with Gasteiger partial charge in [-0.15, -0.1) is 0 Å². The Labute approximate surface area is 365 Å². The van der Waals surface area contributed by atoms with Crippen molar-refractivity contribution in [2.75, 3.05) is 7.11 Å². The van der Waals surface area contributed by atoms with Crippen LogP contribution in [-0.4, -0.2) is 125 Å². The number of fused-ring (bicyclic) bond motifs is 2. The molecule has 21 heteroatoms. The van der Waals surface area contributed by atoms with Crippen LogP contribution in [0.25, 0.3) is 0 Å². The van der Waals surface area contributed by atoms with Crippen LogP contribution in [0.15, 0.2) is 23.0 Å². The molecule has 1 aromatic rings. The quantitative estimate of drug-likeness (QED) is 0.257. The highest BCUT2D eigenvalue weighted by Crippen LogP contribution is 2.96. The number of cyclic esters (lactones) is 1. The van der Waals surface area contributed by atoms with Gasteiger partial charge in [-0.1, -0.05) is 27.7 Å². The Hall–Kier alpha value is -5.12. The number of esters is 8. The van der Waals surface area contributed by atoms with Gasteiger partial charge in [-0.05, 0) is 18.9 Å². The second kappa shape index (κ2) is 13.0. The minimum atomic E-state index is -2.81. The first-order chi connectivity index (χ1) is 29.7. The van der Waals surface area contributed by atoms with E-state index in [-0.39, 0.29) is 5.56 Å². The number of carbonyl (C=O) groups excluding carboxylic acids is 8. The summed E-state index contributed by atoms with van der Waals surface area (Å²) in [4.78, 5) is 111. The minimum absolute atomic E-state index is 0.186. The summed E-state index contributed by atoms with van der Waals surface area (Å²) in [5, 5.41) is 14.4. The maximum Gasteiger partial charge on any atom is 0.348 e. The van der Waals surface area contributed by atoms with Gasteiger partial charge in [0.2, 0.25) is 12.2 Å². The van der Waals surface area contributed by atoms with Crippen LogP contribution in [0.1, 0.15) is 93.7 Å². The predicted molar refractivity (Wildman–Crippen MR) is 201 cm³/mol. The summed E-state index contributed by atoms with van der Waals surface area (Å²) in [6, 6.07) is 1.46. The first kappa shape index (κ1) is 44.1. The largest absolute Gasteiger partial charge is 0.472 e. The number of aliphatic hydroxyl groups is 1. The van der Waals surface area contributed by atoms with Gasteiger partial charge in [-0.25, -0.2) is 9.59 Å². The van der Waals surface area contributed by atoms with Crippen molar-refractivity contribution >= 4 is 47.8 Å². The van der Waals surface area contributed by atoms with Crippen molar-refractivity contribution in [1.82, 2.24) is 0 Å². The molecular weight excluding hydrogens is 852 g/mol. The Morgan fingerprint density at radius 3 is 1.91 bits per heavy atom. The second-order valence-corrected chi connectivity index (χ2v) is 19.3. The lowest BCUT2D eigenvalue weighted by Crippen LogP contribution is -2.98. The van der Waals surface area contributed by atoms with Gasteiger partial charge in [-0.3, -0.25) is 28.8 Å². The molecule has 64 heavy (non-hydrogen) atoms. The summed E-state index contributed by atoms with van der Waals surface area (Å²) in [6.07, 6.45) is -11.7.